The van der Waals surface area contributed by atoms with Gasteiger partial charge in [0.2, 0.25) is 0 Å². The standard InChI is InChI=1S/C13H16N4/c1-16-8-11-5-6-12(9-16)17(11)13-4-2-3-10(7-14)15-13/h2-4,11-12H,5-6,8-9H2,1H3. The fourth-order valence-corrected chi connectivity index (χ4v) is 3.12. The van der Waals surface area contributed by atoms with E-state index in [0.29, 0.717) is 17.8 Å². The van der Waals surface area contributed by atoms with E-state index in [1.54, 1.807) is 6.07 Å². The predicted molar refractivity (Wildman–Crippen MR) is 65.7 cm³/mol. The lowest BCUT2D eigenvalue weighted by molar-refractivity contribution is 0.264. The van der Waals surface area contributed by atoms with Crippen LogP contribution in [0.2, 0.25) is 0 Å². The number of hydrogen-bond acceptors (Lipinski definition) is 4. The van der Waals surface area contributed by atoms with Crippen molar-refractivity contribution in [2.45, 2.75) is 24.9 Å². The first-order valence-corrected chi connectivity index (χ1v) is 6.12. The summed E-state index contributed by atoms with van der Waals surface area (Å²) in [5.41, 5.74) is 0.515. The Morgan fingerprint density at radius 2 is 2.00 bits per heavy atom. The Morgan fingerprint density at radius 1 is 1.29 bits per heavy atom. The van der Waals surface area contributed by atoms with E-state index in [1.165, 1.54) is 12.8 Å². The van der Waals surface area contributed by atoms with Crippen molar-refractivity contribution in [1.82, 2.24) is 9.88 Å². The summed E-state index contributed by atoms with van der Waals surface area (Å²) in [5.74, 6) is 0.977. The van der Waals surface area contributed by atoms with Gasteiger partial charge in [0.25, 0.3) is 0 Å². The predicted octanol–water partition coefficient (Wildman–Crippen LogP) is 1.24. The third-order valence-electron chi connectivity index (χ3n) is 3.78. The third-order valence-corrected chi connectivity index (χ3v) is 3.78. The molecule has 1 aromatic rings. The molecule has 2 saturated heterocycles. The Balaban J connectivity index is 1.92. The molecule has 0 amide bonds. The smallest absolute Gasteiger partial charge is 0.142 e. The molecule has 17 heavy (non-hydrogen) atoms. The number of hydrogen-bond donors (Lipinski definition) is 0. The Morgan fingerprint density at radius 3 is 2.65 bits per heavy atom. The zero-order valence-electron chi connectivity index (χ0n) is 10.0. The molecule has 2 aliphatic heterocycles. The second kappa shape index (κ2) is 4.01. The fraction of sp³-hybridized carbons (Fsp3) is 0.538. The summed E-state index contributed by atoms with van der Waals surface area (Å²) in [4.78, 5) is 9.24. The molecule has 88 valence electrons. The van der Waals surface area contributed by atoms with E-state index >= 15 is 0 Å². The van der Waals surface area contributed by atoms with Gasteiger partial charge in [0.15, 0.2) is 0 Å². The third kappa shape index (κ3) is 1.77. The molecule has 4 heteroatoms. The number of piperazine rings is 1. The molecule has 1 aromatic heterocycles. The van der Waals surface area contributed by atoms with Gasteiger partial charge < -0.3 is 9.80 Å². The molecule has 2 fully saturated rings. The summed E-state index contributed by atoms with van der Waals surface area (Å²) in [6.07, 6.45) is 2.49. The minimum absolute atomic E-state index is 0.515. The highest BCUT2D eigenvalue weighted by atomic mass is 15.3. The zero-order chi connectivity index (χ0) is 11.8. The number of anilines is 1. The van der Waals surface area contributed by atoms with Crippen molar-refractivity contribution < 1.29 is 0 Å². The van der Waals surface area contributed by atoms with Gasteiger partial charge in [-0.05, 0) is 32.0 Å². The minimum Gasteiger partial charge on any atom is -0.348 e. The van der Waals surface area contributed by atoms with Crippen LogP contribution in [-0.4, -0.2) is 42.1 Å². The van der Waals surface area contributed by atoms with Gasteiger partial charge in [-0.3, -0.25) is 0 Å². The lowest BCUT2D eigenvalue weighted by Crippen LogP contribution is -2.52. The van der Waals surface area contributed by atoms with Gasteiger partial charge in [0.1, 0.15) is 17.6 Å². The van der Waals surface area contributed by atoms with Crippen LogP contribution in [0.4, 0.5) is 5.82 Å². The molecule has 2 unspecified atom stereocenters. The summed E-state index contributed by atoms with van der Waals surface area (Å²) in [5, 5.41) is 8.91. The van der Waals surface area contributed by atoms with E-state index in [2.05, 4.69) is 27.9 Å². The van der Waals surface area contributed by atoms with Crippen molar-refractivity contribution in [3.8, 4) is 6.07 Å². The van der Waals surface area contributed by atoms with Gasteiger partial charge in [-0.15, -0.1) is 0 Å². The molecule has 0 saturated carbocycles. The summed E-state index contributed by atoms with van der Waals surface area (Å²) in [6.45, 7) is 2.21. The van der Waals surface area contributed by atoms with Crippen LogP contribution in [-0.2, 0) is 0 Å². The molecule has 4 nitrogen and oxygen atoms in total. The maximum atomic E-state index is 8.91. The number of nitrogens with zero attached hydrogens (tertiary/aromatic N) is 4. The lowest BCUT2D eigenvalue weighted by atomic mass is 10.2. The van der Waals surface area contributed by atoms with Crippen LogP contribution in [0.25, 0.3) is 0 Å². The van der Waals surface area contributed by atoms with Gasteiger partial charge in [-0.2, -0.15) is 5.26 Å². The molecule has 2 bridgehead atoms. The van der Waals surface area contributed by atoms with Crippen LogP contribution in [0.3, 0.4) is 0 Å². The molecule has 0 radical (unpaired) electrons. The van der Waals surface area contributed by atoms with E-state index in [9.17, 15) is 0 Å². The molecular weight excluding hydrogens is 212 g/mol. The first-order valence-electron chi connectivity index (χ1n) is 6.12. The number of aromatic nitrogens is 1. The normalized spacial score (nSPS) is 28.1. The number of nitriles is 1. The van der Waals surface area contributed by atoms with Crippen LogP contribution >= 0.6 is 0 Å². The largest absolute Gasteiger partial charge is 0.348 e. The topological polar surface area (TPSA) is 43.2 Å². The van der Waals surface area contributed by atoms with E-state index in [-0.39, 0.29) is 0 Å². The molecular formula is C13H16N4. The Bertz CT molecular complexity index is 451. The van der Waals surface area contributed by atoms with Crippen molar-refractivity contribution in [1.29, 1.82) is 5.26 Å². The quantitative estimate of drug-likeness (QED) is 0.725. The van der Waals surface area contributed by atoms with Gasteiger partial charge in [-0.1, -0.05) is 6.07 Å². The number of pyridine rings is 1. The average molecular weight is 228 g/mol. The van der Waals surface area contributed by atoms with Crippen molar-refractivity contribution in [2.24, 2.45) is 0 Å². The van der Waals surface area contributed by atoms with E-state index in [1.807, 2.05) is 12.1 Å². The summed E-state index contributed by atoms with van der Waals surface area (Å²) < 4.78 is 0. The molecule has 0 N–H and O–H groups in total. The van der Waals surface area contributed by atoms with Crippen LogP contribution in [0.15, 0.2) is 18.2 Å². The first kappa shape index (κ1) is 10.5. The fourth-order valence-electron chi connectivity index (χ4n) is 3.12. The molecule has 0 spiro atoms. The Hall–Kier alpha value is -1.60. The lowest BCUT2D eigenvalue weighted by Gasteiger charge is -2.40. The highest BCUT2D eigenvalue weighted by Crippen LogP contribution is 2.33. The van der Waals surface area contributed by atoms with Crippen LogP contribution in [0.5, 0.6) is 0 Å². The second-order valence-corrected chi connectivity index (χ2v) is 5.01. The first-order chi connectivity index (χ1) is 8.28. The molecule has 0 aliphatic carbocycles. The molecule has 2 atom stereocenters. The molecule has 0 aromatic carbocycles. The van der Waals surface area contributed by atoms with Crippen LogP contribution < -0.4 is 4.90 Å². The second-order valence-electron chi connectivity index (χ2n) is 5.01. The van der Waals surface area contributed by atoms with E-state index in [4.69, 9.17) is 5.26 Å². The highest BCUT2D eigenvalue weighted by molar-refractivity contribution is 5.46. The number of fused-ring (bicyclic) bond motifs is 2. The number of likely N-dealkylation sites (tertiary alicyclic amines) is 1. The molecule has 3 heterocycles. The number of likely N-dealkylation sites (N-methyl/N-ethyl adjacent to an activating group) is 1. The highest BCUT2D eigenvalue weighted by Gasteiger charge is 2.39. The van der Waals surface area contributed by atoms with Crippen molar-refractivity contribution in [3.63, 3.8) is 0 Å². The van der Waals surface area contributed by atoms with Crippen molar-refractivity contribution >= 4 is 5.82 Å². The number of rotatable bonds is 1. The maximum absolute atomic E-state index is 8.91. The summed E-state index contributed by atoms with van der Waals surface area (Å²) >= 11 is 0. The Kier molecular flexibility index (Phi) is 2.49. The summed E-state index contributed by atoms with van der Waals surface area (Å²) in [7, 11) is 2.18. The summed E-state index contributed by atoms with van der Waals surface area (Å²) in [6, 6.07) is 8.98. The Labute approximate surface area is 101 Å². The van der Waals surface area contributed by atoms with Gasteiger partial charge in [-0.25, -0.2) is 4.98 Å². The van der Waals surface area contributed by atoms with Gasteiger partial charge in [0.05, 0.1) is 0 Å². The molecule has 2 aliphatic rings. The maximum Gasteiger partial charge on any atom is 0.142 e. The van der Waals surface area contributed by atoms with Gasteiger partial charge >= 0.3 is 0 Å². The monoisotopic (exact) mass is 228 g/mol. The molecule has 3 rings (SSSR count). The zero-order valence-corrected chi connectivity index (χ0v) is 10.0. The van der Waals surface area contributed by atoms with Crippen molar-refractivity contribution in [2.75, 3.05) is 25.0 Å². The van der Waals surface area contributed by atoms with Gasteiger partial charge in [0, 0.05) is 25.2 Å². The van der Waals surface area contributed by atoms with Crippen molar-refractivity contribution in [3.05, 3.63) is 23.9 Å². The SMILES string of the molecule is CN1CC2CCC(C1)N2c1cccc(C#N)n1. The van der Waals surface area contributed by atoms with E-state index in [0.717, 1.165) is 18.9 Å². The minimum atomic E-state index is 0.515. The van der Waals surface area contributed by atoms with Crippen LogP contribution in [0, 0.1) is 11.3 Å². The van der Waals surface area contributed by atoms with E-state index < -0.39 is 0 Å². The van der Waals surface area contributed by atoms with Crippen LogP contribution in [0.1, 0.15) is 18.5 Å². The average Bonchev–Trinajstić information content (AvgIpc) is 2.62.